The van der Waals surface area contributed by atoms with E-state index < -0.39 is 16.1 Å². The normalized spacial score (nSPS) is 18.5. The molecule has 0 aromatic heterocycles. The van der Waals surface area contributed by atoms with Crippen LogP contribution in [0.5, 0.6) is 0 Å². The third-order valence-corrected chi connectivity index (χ3v) is 6.71. The third kappa shape index (κ3) is 3.92. The summed E-state index contributed by atoms with van der Waals surface area (Å²) in [5, 5.41) is 3.45. The van der Waals surface area contributed by atoms with E-state index in [1.165, 1.54) is 4.31 Å². The lowest BCUT2D eigenvalue weighted by Gasteiger charge is -2.33. The van der Waals surface area contributed by atoms with Crippen LogP contribution >= 0.6 is 11.6 Å². The molecule has 0 aliphatic carbocycles. The van der Waals surface area contributed by atoms with E-state index in [9.17, 15) is 13.2 Å². The number of carbonyl (C=O) groups excluding carboxylic acids is 1. The second-order valence-corrected chi connectivity index (χ2v) is 8.72. The van der Waals surface area contributed by atoms with Gasteiger partial charge in [0, 0.05) is 17.3 Å². The highest BCUT2D eigenvalue weighted by Crippen LogP contribution is 2.27. The highest BCUT2D eigenvalue weighted by atomic mass is 35.5. The number of carbonyl (C=O) groups is 1. The molecule has 7 heteroatoms. The molecule has 1 atom stereocenters. The molecule has 1 saturated heterocycles. The molecule has 0 radical (unpaired) electrons. The summed E-state index contributed by atoms with van der Waals surface area (Å²) in [6, 6.07) is 12.7. The molecule has 0 saturated carbocycles. The largest absolute Gasteiger partial charge is 0.324 e. The van der Waals surface area contributed by atoms with Gasteiger partial charge in [0.25, 0.3) is 0 Å². The third-order valence-electron chi connectivity index (χ3n) is 4.55. The van der Waals surface area contributed by atoms with E-state index in [0.717, 1.165) is 18.4 Å². The molecule has 1 aliphatic heterocycles. The maximum Gasteiger partial charge on any atom is 0.243 e. The number of hydrogen-bond donors (Lipinski definition) is 1. The van der Waals surface area contributed by atoms with Crippen LogP contribution in [-0.4, -0.2) is 31.2 Å². The first-order valence-electron chi connectivity index (χ1n) is 8.53. The van der Waals surface area contributed by atoms with Crippen molar-refractivity contribution in [1.82, 2.24) is 4.31 Å². The Labute approximate surface area is 159 Å². The Balaban J connectivity index is 1.86. The number of halogens is 1. The monoisotopic (exact) mass is 392 g/mol. The summed E-state index contributed by atoms with van der Waals surface area (Å²) in [7, 11) is -3.71. The summed E-state index contributed by atoms with van der Waals surface area (Å²) in [5.74, 6) is -0.311. The minimum absolute atomic E-state index is 0.211. The molecular weight excluding hydrogens is 372 g/mol. The molecule has 1 aliphatic rings. The lowest BCUT2D eigenvalue weighted by Crippen LogP contribution is -2.49. The maximum atomic E-state index is 13.0. The number of rotatable bonds is 4. The Bertz CT molecular complexity index is 900. The van der Waals surface area contributed by atoms with E-state index in [2.05, 4.69) is 5.32 Å². The molecule has 0 unspecified atom stereocenters. The van der Waals surface area contributed by atoms with Crippen molar-refractivity contribution in [3.05, 3.63) is 59.1 Å². The minimum Gasteiger partial charge on any atom is -0.324 e. The van der Waals surface area contributed by atoms with Crippen LogP contribution in [0.1, 0.15) is 24.8 Å². The van der Waals surface area contributed by atoms with Gasteiger partial charge in [0.05, 0.1) is 4.90 Å². The standard InChI is InChI=1S/C19H21ClN2O3S/c1-14-13-15(20)10-11-17(14)21-19(23)18-9-5-6-12-22(18)26(24,25)16-7-3-2-4-8-16/h2-4,7-8,10-11,13,18H,5-6,9,12H2,1H3,(H,21,23)/t18-/m1/s1. The van der Waals surface area contributed by atoms with Crippen molar-refractivity contribution >= 4 is 33.2 Å². The van der Waals surface area contributed by atoms with E-state index in [0.29, 0.717) is 23.7 Å². The van der Waals surface area contributed by atoms with Crippen LogP contribution in [0.25, 0.3) is 0 Å². The van der Waals surface area contributed by atoms with Crippen LogP contribution in [0.2, 0.25) is 5.02 Å². The zero-order valence-corrected chi connectivity index (χ0v) is 16.1. The van der Waals surface area contributed by atoms with Gasteiger partial charge in [-0.15, -0.1) is 0 Å². The first-order chi connectivity index (χ1) is 12.4. The molecule has 1 fully saturated rings. The van der Waals surface area contributed by atoms with Gasteiger partial charge in [0.2, 0.25) is 15.9 Å². The lowest BCUT2D eigenvalue weighted by atomic mass is 10.0. The molecule has 138 valence electrons. The first-order valence-corrected chi connectivity index (χ1v) is 10.4. The van der Waals surface area contributed by atoms with E-state index >= 15 is 0 Å². The molecule has 1 heterocycles. The lowest BCUT2D eigenvalue weighted by molar-refractivity contribution is -0.120. The Morgan fingerprint density at radius 3 is 2.58 bits per heavy atom. The van der Waals surface area contributed by atoms with E-state index in [-0.39, 0.29) is 10.8 Å². The molecule has 26 heavy (non-hydrogen) atoms. The molecule has 1 N–H and O–H groups in total. The molecule has 0 spiro atoms. The maximum absolute atomic E-state index is 13.0. The number of nitrogens with zero attached hydrogens (tertiary/aromatic N) is 1. The van der Waals surface area contributed by atoms with Crippen LogP contribution < -0.4 is 5.32 Å². The van der Waals surface area contributed by atoms with Crippen LogP contribution in [0.4, 0.5) is 5.69 Å². The molecule has 2 aromatic carbocycles. The van der Waals surface area contributed by atoms with Crippen LogP contribution in [-0.2, 0) is 14.8 Å². The second kappa shape index (κ2) is 7.78. The molecular formula is C19H21ClN2O3S. The van der Waals surface area contributed by atoms with Gasteiger partial charge in [-0.05, 0) is 55.7 Å². The summed E-state index contributed by atoms with van der Waals surface area (Å²) in [4.78, 5) is 13.1. The fraction of sp³-hybridized carbons (Fsp3) is 0.316. The van der Waals surface area contributed by atoms with Crippen molar-refractivity contribution in [2.75, 3.05) is 11.9 Å². The van der Waals surface area contributed by atoms with Crippen LogP contribution in [0.3, 0.4) is 0 Å². The topological polar surface area (TPSA) is 66.5 Å². The van der Waals surface area contributed by atoms with Crippen LogP contribution in [0.15, 0.2) is 53.4 Å². The van der Waals surface area contributed by atoms with Crippen molar-refractivity contribution in [3.8, 4) is 0 Å². The second-order valence-electron chi connectivity index (χ2n) is 6.39. The predicted octanol–water partition coefficient (Wildman–Crippen LogP) is 3.83. The molecule has 3 rings (SSSR count). The highest BCUT2D eigenvalue weighted by molar-refractivity contribution is 7.89. The number of hydrogen-bond acceptors (Lipinski definition) is 3. The molecule has 2 aromatic rings. The number of aryl methyl sites for hydroxylation is 1. The van der Waals surface area contributed by atoms with Crippen molar-refractivity contribution < 1.29 is 13.2 Å². The Morgan fingerprint density at radius 2 is 1.88 bits per heavy atom. The van der Waals surface area contributed by atoms with Crippen molar-refractivity contribution in [3.63, 3.8) is 0 Å². The average Bonchev–Trinajstić information content (AvgIpc) is 2.64. The summed E-state index contributed by atoms with van der Waals surface area (Å²) < 4.78 is 27.3. The van der Waals surface area contributed by atoms with Crippen molar-refractivity contribution in [1.29, 1.82) is 0 Å². The first kappa shape index (κ1) is 18.9. The quantitative estimate of drug-likeness (QED) is 0.859. The molecule has 5 nitrogen and oxygen atoms in total. The van der Waals surface area contributed by atoms with Gasteiger partial charge >= 0.3 is 0 Å². The van der Waals surface area contributed by atoms with Gasteiger partial charge < -0.3 is 5.32 Å². The van der Waals surface area contributed by atoms with Crippen molar-refractivity contribution in [2.24, 2.45) is 0 Å². The fourth-order valence-electron chi connectivity index (χ4n) is 3.17. The highest BCUT2D eigenvalue weighted by Gasteiger charge is 2.37. The number of benzene rings is 2. The summed E-state index contributed by atoms with van der Waals surface area (Å²) >= 11 is 5.95. The summed E-state index contributed by atoms with van der Waals surface area (Å²) in [6.07, 6.45) is 2.07. The zero-order chi connectivity index (χ0) is 18.7. The molecule has 1 amide bonds. The van der Waals surface area contributed by atoms with E-state index in [1.807, 2.05) is 6.92 Å². The van der Waals surface area contributed by atoms with Gasteiger partial charge in [-0.2, -0.15) is 4.31 Å². The van der Waals surface area contributed by atoms with Gasteiger partial charge in [-0.3, -0.25) is 4.79 Å². The number of piperidine rings is 1. The van der Waals surface area contributed by atoms with E-state index in [1.54, 1.807) is 48.5 Å². The predicted molar refractivity (Wildman–Crippen MR) is 103 cm³/mol. The number of sulfonamides is 1. The smallest absolute Gasteiger partial charge is 0.243 e. The van der Waals surface area contributed by atoms with Crippen LogP contribution in [0, 0.1) is 6.92 Å². The number of amides is 1. The zero-order valence-electron chi connectivity index (χ0n) is 14.5. The molecule has 0 bridgehead atoms. The minimum atomic E-state index is -3.71. The summed E-state index contributed by atoms with van der Waals surface area (Å²) in [5.41, 5.74) is 1.47. The Hall–Kier alpha value is -1.89. The van der Waals surface area contributed by atoms with Gasteiger partial charge in [-0.1, -0.05) is 36.2 Å². The Kier molecular flexibility index (Phi) is 5.65. The number of nitrogens with one attached hydrogen (secondary N) is 1. The summed E-state index contributed by atoms with van der Waals surface area (Å²) in [6.45, 7) is 2.19. The fourth-order valence-corrected chi connectivity index (χ4v) is 5.07. The van der Waals surface area contributed by atoms with Gasteiger partial charge in [-0.25, -0.2) is 8.42 Å². The Morgan fingerprint density at radius 1 is 1.15 bits per heavy atom. The average molecular weight is 393 g/mol. The van der Waals surface area contributed by atoms with Crippen molar-refractivity contribution in [2.45, 2.75) is 37.1 Å². The SMILES string of the molecule is Cc1cc(Cl)ccc1NC(=O)[C@H]1CCCCN1S(=O)(=O)c1ccccc1. The van der Waals surface area contributed by atoms with Gasteiger partial charge in [0.1, 0.15) is 6.04 Å². The van der Waals surface area contributed by atoms with Gasteiger partial charge in [0.15, 0.2) is 0 Å². The van der Waals surface area contributed by atoms with E-state index in [4.69, 9.17) is 11.6 Å². The number of anilines is 1.